The van der Waals surface area contributed by atoms with Gasteiger partial charge >= 0.3 is 6.03 Å². The molecule has 1 aromatic carbocycles. The molecular weight excluding hydrogens is 460 g/mol. The van der Waals surface area contributed by atoms with E-state index < -0.39 is 0 Å². The van der Waals surface area contributed by atoms with Gasteiger partial charge in [0.1, 0.15) is 11.6 Å². The number of carbonyl (C=O) groups excluding carboxylic acids is 2. The lowest BCUT2D eigenvalue weighted by Crippen LogP contribution is -2.40. The monoisotopic (exact) mass is 490 g/mol. The molecule has 10 heteroatoms. The molecule has 3 aromatic rings. The number of hydrogen-bond acceptors (Lipinski definition) is 7. The number of ether oxygens (including phenoxy) is 1. The van der Waals surface area contributed by atoms with E-state index in [1.54, 1.807) is 17.0 Å². The second kappa shape index (κ2) is 10.4. The average molecular weight is 491 g/mol. The van der Waals surface area contributed by atoms with Crippen molar-refractivity contribution in [2.75, 3.05) is 49.6 Å². The Morgan fingerprint density at radius 2 is 1.81 bits per heavy atom. The van der Waals surface area contributed by atoms with Crippen LogP contribution in [0.1, 0.15) is 34.5 Å². The van der Waals surface area contributed by atoms with Gasteiger partial charge in [-0.05, 0) is 56.7 Å². The third-order valence-corrected chi connectivity index (χ3v) is 6.33. The van der Waals surface area contributed by atoms with Crippen LogP contribution < -0.4 is 15.5 Å². The van der Waals surface area contributed by atoms with Crippen LogP contribution in [-0.2, 0) is 17.7 Å². The van der Waals surface area contributed by atoms with Crippen molar-refractivity contribution in [3.8, 4) is 11.4 Å². The number of morpholine rings is 1. The van der Waals surface area contributed by atoms with Crippen molar-refractivity contribution in [1.29, 1.82) is 0 Å². The van der Waals surface area contributed by atoms with Gasteiger partial charge < -0.3 is 29.6 Å². The van der Waals surface area contributed by atoms with E-state index >= 15 is 0 Å². The van der Waals surface area contributed by atoms with Gasteiger partial charge in [0.15, 0.2) is 11.6 Å². The Kier molecular flexibility index (Phi) is 6.86. The van der Waals surface area contributed by atoms with Gasteiger partial charge in [-0.25, -0.2) is 14.8 Å². The number of carbonyl (C=O) groups is 2. The van der Waals surface area contributed by atoms with Crippen molar-refractivity contribution >= 4 is 23.4 Å². The zero-order chi connectivity index (χ0) is 25.1. The highest BCUT2D eigenvalue weighted by atomic mass is 16.5. The van der Waals surface area contributed by atoms with Crippen LogP contribution in [0.5, 0.6) is 0 Å². The third kappa shape index (κ3) is 5.03. The number of hydrogen-bond donors (Lipinski definition) is 2. The van der Waals surface area contributed by atoms with Gasteiger partial charge in [0.2, 0.25) is 0 Å². The molecule has 188 valence electrons. The molecule has 1 fully saturated rings. The molecule has 36 heavy (non-hydrogen) atoms. The van der Waals surface area contributed by atoms with E-state index in [2.05, 4.69) is 15.5 Å². The fourth-order valence-corrected chi connectivity index (χ4v) is 4.49. The number of nitrogens with zero attached hydrogens (tertiary/aromatic N) is 4. The standard InChI is InChI=1S/C26H30N6O4/c1-3-27-26(34)28-19-7-5-18(6-8-19)23-29-21-16-32(25(33)22-9-4-17(2)36-22)11-10-20(21)24(30-23)31-12-14-35-15-13-31/h4-9H,3,10-16H2,1-2H3,(H2,27,28,34). The molecule has 2 N–H and O–H groups in total. The van der Waals surface area contributed by atoms with E-state index in [4.69, 9.17) is 19.1 Å². The Morgan fingerprint density at radius 1 is 1.03 bits per heavy atom. The van der Waals surface area contributed by atoms with Gasteiger partial charge in [-0.1, -0.05) is 0 Å². The summed E-state index contributed by atoms with van der Waals surface area (Å²) >= 11 is 0. The average Bonchev–Trinajstić information content (AvgIpc) is 3.34. The maximum absolute atomic E-state index is 13.1. The summed E-state index contributed by atoms with van der Waals surface area (Å²) in [6.07, 6.45) is 0.670. The highest BCUT2D eigenvalue weighted by Crippen LogP contribution is 2.31. The number of anilines is 2. The number of aromatic nitrogens is 2. The predicted octanol–water partition coefficient (Wildman–Crippen LogP) is 3.22. The Hall–Kier alpha value is -3.92. The van der Waals surface area contributed by atoms with E-state index in [1.165, 1.54) is 0 Å². The second-order valence-corrected chi connectivity index (χ2v) is 8.84. The normalized spacial score (nSPS) is 15.4. The third-order valence-electron chi connectivity index (χ3n) is 6.33. The summed E-state index contributed by atoms with van der Waals surface area (Å²) in [5, 5.41) is 5.52. The van der Waals surface area contributed by atoms with Crippen molar-refractivity contribution in [2.45, 2.75) is 26.8 Å². The van der Waals surface area contributed by atoms with E-state index in [9.17, 15) is 9.59 Å². The van der Waals surface area contributed by atoms with Crippen molar-refractivity contribution in [1.82, 2.24) is 20.2 Å². The van der Waals surface area contributed by atoms with Crippen LogP contribution in [0, 0.1) is 6.92 Å². The quantitative estimate of drug-likeness (QED) is 0.565. The summed E-state index contributed by atoms with van der Waals surface area (Å²) in [6.45, 7) is 8.02. The van der Waals surface area contributed by atoms with Crippen molar-refractivity contribution < 1.29 is 18.7 Å². The zero-order valence-electron chi connectivity index (χ0n) is 20.5. The van der Waals surface area contributed by atoms with Crippen LogP contribution in [-0.4, -0.2) is 66.2 Å². The molecule has 0 atom stereocenters. The molecule has 0 spiro atoms. The van der Waals surface area contributed by atoms with Crippen molar-refractivity contribution in [3.63, 3.8) is 0 Å². The molecule has 3 amide bonds. The topological polar surface area (TPSA) is 113 Å². The Labute approximate surface area is 209 Å². The minimum absolute atomic E-state index is 0.136. The molecule has 4 heterocycles. The van der Waals surface area contributed by atoms with E-state index in [1.807, 2.05) is 38.1 Å². The van der Waals surface area contributed by atoms with Crippen molar-refractivity contribution in [3.05, 3.63) is 59.2 Å². The molecule has 0 unspecified atom stereocenters. The van der Waals surface area contributed by atoms with Gasteiger partial charge in [-0.2, -0.15) is 0 Å². The number of fused-ring (bicyclic) bond motifs is 1. The molecular formula is C26H30N6O4. The number of benzene rings is 1. The molecule has 0 bridgehead atoms. The first kappa shape index (κ1) is 23.8. The smallest absolute Gasteiger partial charge is 0.319 e. The molecule has 2 aromatic heterocycles. The largest absolute Gasteiger partial charge is 0.456 e. The summed E-state index contributed by atoms with van der Waals surface area (Å²) in [5.74, 6) is 2.41. The Bertz CT molecular complexity index is 1250. The molecule has 0 aliphatic carbocycles. The highest BCUT2D eigenvalue weighted by Gasteiger charge is 2.29. The maximum Gasteiger partial charge on any atom is 0.319 e. The van der Waals surface area contributed by atoms with Gasteiger partial charge in [-0.15, -0.1) is 0 Å². The lowest BCUT2D eigenvalue weighted by Gasteiger charge is -2.34. The molecule has 2 aliphatic rings. The second-order valence-electron chi connectivity index (χ2n) is 8.84. The zero-order valence-corrected chi connectivity index (χ0v) is 20.5. The van der Waals surface area contributed by atoms with Crippen LogP contribution in [0.3, 0.4) is 0 Å². The number of rotatable bonds is 5. The Balaban J connectivity index is 1.46. The number of nitrogens with one attached hydrogen (secondary N) is 2. The van der Waals surface area contributed by atoms with E-state index in [0.29, 0.717) is 62.3 Å². The number of aryl methyl sites for hydroxylation is 1. The summed E-state index contributed by atoms with van der Waals surface area (Å²) in [7, 11) is 0. The molecule has 1 saturated heterocycles. The fourth-order valence-electron chi connectivity index (χ4n) is 4.49. The van der Waals surface area contributed by atoms with Gasteiger partial charge in [0, 0.05) is 43.0 Å². The minimum Gasteiger partial charge on any atom is -0.456 e. The van der Waals surface area contributed by atoms with Crippen LogP contribution in [0.4, 0.5) is 16.3 Å². The first-order chi connectivity index (χ1) is 17.5. The van der Waals surface area contributed by atoms with Crippen LogP contribution in [0.15, 0.2) is 40.8 Å². The maximum atomic E-state index is 13.1. The first-order valence-corrected chi connectivity index (χ1v) is 12.3. The summed E-state index contributed by atoms with van der Waals surface area (Å²) < 4.78 is 11.1. The lowest BCUT2D eigenvalue weighted by atomic mass is 10.0. The number of amides is 3. The summed E-state index contributed by atoms with van der Waals surface area (Å²) in [5.41, 5.74) is 3.43. The van der Waals surface area contributed by atoms with Crippen molar-refractivity contribution in [2.24, 2.45) is 0 Å². The van der Waals surface area contributed by atoms with Gasteiger partial charge in [-0.3, -0.25) is 4.79 Å². The molecule has 0 saturated carbocycles. The van der Waals surface area contributed by atoms with Crippen LogP contribution >= 0.6 is 0 Å². The fraction of sp³-hybridized carbons (Fsp3) is 0.385. The number of furan rings is 1. The first-order valence-electron chi connectivity index (χ1n) is 12.3. The van der Waals surface area contributed by atoms with E-state index in [0.717, 1.165) is 35.7 Å². The van der Waals surface area contributed by atoms with E-state index in [-0.39, 0.29) is 11.9 Å². The highest BCUT2D eigenvalue weighted by molar-refractivity contribution is 5.92. The molecule has 0 radical (unpaired) electrons. The molecule has 10 nitrogen and oxygen atoms in total. The van der Waals surface area contributed by atoms with Crippen LogP contribution in [0.2, 0.25) is 0 Å². The molecule has 5 rings (SSSR count). The lowest BCUT2D eigenvalue weighted by molar-refractivity contribution is 0.0698. The Morgan fingerprint density at radius 3 is 2.50 bits per heavy atom. The molecule has 2 aliphatic heterocycles. The number of urea groups is 1. The van der Waals surface area contributed by atoms with Gasteiger partial charge in [0.25, 0.3) is 5.91 Å². The predicted molar refractivity (Wildman–Crippen MR) is 135 cm³/mol. The van der Waals surface area contributed by atoms with Gasteiger partial charge in [0.05, 0.1) is 25.5 Å². The SMILES string of the molecule is CCNC(=O)Nc1ccc(-c2nc3c(c(N4CCOCC4)n2)CCN(C(=O)c2ccc(C)o2)C3)cc1. The minimum atomic E-state index is -0.249. The van der Waals surface area contributed by atoms with Crippen LogP contribution in [0.25, 0.3) is 11.4 Å². The summed E-state index contributed by atoms with van der Waals surface area (Å²) in [6, 6.07) is 10.7. The summed E-state index contributed by atoms with van der Waals surface area (Å²) in [4.78, 5) is 38.8.